The van der Waals surface area contributed by atoms with E-state index in [9.17, 15) is 52.7 Å². The van der Waals surface area contributed by atoms with E-state index in [1.165, 1.54) is 47.8 Å². The van der Waals surface area contributed by atoms with Crippen molar-refractivity contribution in [2.75, 3.05) is 19.8 Å². The van der Waals surface area contributed by atoms with Gasteiger partial charge in [-0.05, 0) is 47.8 Å². The van der Waals surface area contributed by atoms with Crippen LogP contribution in [0.5, 0.6) is 0 Å². The maximum Gasteiger partial charge on any atom is 0.639 e. The second-order valence-electron chi connectivity index (χ2n) is 5.76. The van der Waals surface area contributed by atoms with Gasteiger partial charge in [0.05, 0.1) is 0 Å². The molecule has 0 unspecified atom stereocenters. The van der Waals surface area contributed by atoms with E-state index in [1.54, 1.807) is 0 Å². The molecule has 0 aliphatic heterocycles. The maximum absolute atomic E-state index is 13.1. The van der Waals surface area contributed by atoms with E-state index >= 15 is 0 Å². The Bertz CT molecular complexity index is 478. The third-order valence-electron chi connectivity index (χ3n) is 3.25. The molecule has 0 aromatic rings. The molecule has 19 heteroatoms. The second kappa shape index (κ2) is 11.3. The summed E-state index contributed by atoms with van der Waals surface area (Å²) in [5, 5.41) is 0. The lowest BCUT2D eigenvalue weighted by Crippen LogP contribution is -2.40. The van der Waals surface area contributed by atoms with Crippen molar-refractivity contribution >= 4 is 55.1 Å². The van der Waals surface area contributed by atoms with Crippen molar-refractivity contribution < 1.29 is 66.6 Å². The standard InChI is InChI=1S/C12H12BBr3F12O3/c14-10(23,24)7(17,18)1-4-29-13(30-5-2-8(19,20)11(15,25)26)31-6-3-9(21,22)12(16,27)28/h1-6H2. The van der Waals surface area contributed by atoms with Crippen LogP contribution in [-0.4, -0.2) is 59.4 Å². The van der Waals surface area contributed by atoms with E-state index in [0.717, 1.165) is 0 Å². The molecule has 0 aliphatic rings. The first kappa shape index (κ1) is 31.5. The molecule has 0 bridgehead atoms. The molecule has 0 aromatic heterocycles. The van der Waals surface area contributed by atoms with E-state index < -0.39 is 78.7 Å². The first-order valence-corrected chi connectivity index (χ1v) is 10.1. The van der Waals surface area contributed by atoms with Gasteiger partial charge >= 0.3 is 39.6 Å². The van der Waals surface area contributed by atoms with Gasteiger partial charge in [0.25, 0.3) is 0 Å². The van der Waals surface area contributed by atoms with Crippen LogP contribution >= 0.6 is 47.8 Å². The third kappa shape index (κ3) is 10.6. The molecule has 186 valence electrons. The average Bonchev–Trinajstić information content (AvgIpc) is 2.50. The largest absolute Gasteiger partial charge is 0.639 e. The first-order chi connectivity index (χ1) is 13.5. The van der Waals surface area contributed by atoms with Crippen LogP contribution in [0.25, 0.3) is 0 Å². The summed E-state index contributed by atoms with van der Waals surface area (Å²) in [7, 11) is -2.38. The lowest BCUT2D eigenvalue weighted by Gasteiger charge is -2.24. The predicted molar refractivity (Wildman–Crippen MR) is 93.9 cm³/mol. The van der Waals surface area contributed by atoms with Gasteiger partial charge in [-0.2, -0.15) is 52.7 Å². The number of alkyl halides is 15. The fourth-order valence-corrected chi connectivity index (χ4v) is 2.01. The number of halogens is 15. The molecular weight excluding hydrogens is 671 g/mol. The quantitative estimate of drug-likeness (QED) is 0.105. The van der Waals surface area contributed by atoms with Gasteiger partial charge in [-0.3, -0.25) is 0 Å². The summed E-state index contributed by atoms with van der Waals surface area (Å²) >= 11 is 4.24. The summed E-state index contributed by atoms with van der Waals surface area (Å²) in [6, 6.07) is 0. The Balaban J connectivity index is 4.94. The SMILES string of the molecule is FC(F)(Br)C(F)(F)CCOB(OCCC(F)(F)C(F)(F)Br)OCCC(F)(F)C(F)(F)Br. The maximum atomic E-state index is 13.1. The van der Waals surface area contributed by atoms with Crippen LogP contribution in [0.3, 0.4) is 0 Å². The number of hydrogen-bond acceptors (Lipinski definition) is 3. The molecule has 0 atom stereocenters. The Labute approximate surface area is 193 Å². The van der Waals surface area contributed by atoms with Gasteiger partial charge in [0.15, 0.2) is 0 Å². The molecule has 0 rings (SSSR count). The van der Waals surface area contributed by atoms with E-state index in [-0.39, 0.29) is 0 Å². The van der Waals surface area contributed by atoms with Crippen molar-refractivity contribution in [2.24, 2.45) is 0 Å². The van der Waals surface area contributed by atoms with Gasteiger partial charge in [0.1, 0.15) is 0 Å². The molecule has 0 saturated carbocycles. The topological polar surface area (TPSA) is 27.7 Å². The molecule has 0 saturated heterocycles. The van der Waals surface area contributed by atoms with Crippen molar-refractivity contribution in [3.05, 3.63) is 0 Å². The summed E-state index contributed by atoms with van der Waals surface area (Å²) in [6.45, 7) is -3.93. The zero-order chi connectivity index (χ0) is 24.9. The summed E-state index contributed by atoms with van der Waals surface area (Å²) in [5.74, 6) is -14.1. The van der Waals surface area contributed by atoms with Crippen LogP contribution in [0, 0.1) is 0 Å². The van der Waals surface area contributed by atoms with Crippen LogP contribution in [-0.2, 0) is 14.0 Å². The Morgan fingerprint density at radius 3 is 0.806 bits per heavy atom. The van der Waals surface area contributed by atoms with Gasteiger partial charge in [-0.25, -0.2) is 0 Å². The van der Waals surface area contributed by atoms with E-state index in [1.807, 2.05) is 0 Å². The average molecular weight is 683 g/mol. The highest BCUT2D eigenvalue weighted by atomic mass is 79.9. The molecule has 0 spiro atoms. The summed E-state index contributed by atoms with van der Waals surface area (Å²) in [6.07, 6.45) is -5.13. The lowest BCUT2D eigenvalue weighted by molar-refractivity contribution is -0.161. The van der Waals surface area contributed by atoms with Gasteiger partial charge in [0, 0.05) is 39.1 Å². The molecular formula is C12H12BBr3F12O3. The van der Waals surface area contributed by atoms with Crippen molar-refractivity contribution in [3.63, 3.8) is 0 Å². The minimum absolute atomic E-state index is 1.31. The van der Waals surface area contributed by atoms with Crippen molar-refractivity contribution in [1.29, 1.82) is 0 Å². The van der Waals surface area contributed by atoms with Gasteiger partial charge in [-0.15, -0.1) is 0 Å². The highest BCUT2D eigenvalue weighted by Gasteiger charge is 2.56. The summed E-state index contributed by atoms with van der Waals surface area (Å²) in [5.41, 5.74) is 0. The van der Waals surface area contributed by atoms with Crippen LogP contribution in [0.2, 0.25) is 0 Å². The van der Waals surface area contributed by atoms with E-state index in [2.05, 4.69) is 14.0 Å². The minimum atomic E-state index is -4.69. The smallest absolute Gasteiger partial charge is 0.386 e. The normalized spacial score (nSPS) is 14.8. The summed E-state index contributed by atoms with van der Waals surface area (Å²) < 4.78 is 168. The van der Waals surface area contributed by atoms with Crippen LogP contribution in [0.15, 0.2) is 0 Å². The highest BCUT2D eigenvalue weighted by Crippen LogP contribution is 2.43. The molecule has 0 N–H and O–H groups in total. The molecule has 0 radical (unpaired) electrons. The Morgan fingerprint density at radius 1 is 0.452 bits per heavy atom. The zero-order valence-corrected chi connectivity index (χ0v) is 19.5. The Hall–Kier alpha value is 0.545. The second-order valence-corrected chi connectivity index (χ2v) is 8.75. The van der Waals surface area contributed by atoms with Crippen molar-refractivity contribution in [2.45, 2.75) is 51.5 Å². The highest BCUT2D eigenvalue weighted by molar-refractivity contribution is 9.10. The zero-order valence-electron chi connectivity index (χ0n) is 14.7. The monoisotopic (exact) mass is 680 g/mol. The Morgan fingerprint density at radius 2 is 0.645 bits per heavy atom. The molecule has 31 heavy (non-hydrogen) atoms. The van der Waals surface area contributed by atoms with Crippen molar-refractivity contribution in [1.82, 2.24) is 0 Å². The van der Waals surface area contributed by atoms with Gasteiger partial charge in [-0.1, -0.05) is 0 Å². The first-order valence-electron chi connectivity index (χ1n) is 7.72. The molecule has 0 fully saturated rings. The fraction of sp³-hybridized carbons (Fsp3) is 1.00. The lowest BCUT2D eigenvalue weighted by atomic mass is 10.1. The molecule has 3 nitrogen and oxygen atoms in total. The van der Waals surface area contributed by atoms with Crippen LogP contribution < -0.4 is 0 Å². The molecule has 0 amide bonds. The Kier molecular flexibility index (Phi) is 11.5. The van der Waals surface area contributed by atoms with Gasteiger partial charge < -0.3 is 14.0 Å². The summed E-state index contributed by atoms with van der Waals surface area (Å²) in [4.78, 5) is -14.0. The van der Waals surface area contributed by atoms with Gasteiger partial charge in [0.2, 0.25) is 0 Å². The molecule has 0 aliphatic carbocycles. The van der Waals surface area contributed by atoms with E-state index in [0.29, 0.717) is 0 Å². The van der Waals surface area contributed by atoms with E-state index in [4.69, 9.17) is 0 Å². The fourth-order valence-electron chi connectivity index (χ4n) is 1.42. The van der Waals surface area contributed by atoms with Crippen LogP contribution in [0.4, 0.5) is 52.7 Å². The predicted octanol–water partition coefficient (Wildman–Crippen LogP) is 7.06. The number of rotatable bonds is 15. The minimum Gasteiger partial charge on any atom is -0.386 e. The number of hydrogen-bond donors (Lipinski definition) is 0. The molecule has 0 aromatic carbocycles. The third-order valence-corrected chi connectivity index (χ3v) is 4.99. The molecule has 0 heterocycles. The van der Waals surface area contributed by atoms with Crippen LogP contribution in [0.1, 0.15) is 19.3 Å². The van der Waals surface area contributed by atoms with Crippen molar-refractivity contribution in [3.8, 4) is 0 Å².